The predicted molar refractivity (Wildman–Crippen MR) is 69.3 cm³/mol. The summed E-state index contributed by atoms with van der Waals surface area (Å²) in [4.78, 5) is 4.44. The quantitative estimate of drug-likeness (QED) is 0.659. The summed E-state index contributed by atoms with van der Waals surface area (Å²) in [5.74, 6) is 0. The fourth-order valence-corrected chi connectivity index (χ4v) is 2.31. The number of aliphatic imine (C=N–C) groups is 1. The number of hydrogen-bond donors (Lipinski definition) is 1. The maximum absolute atomic E-state index is 5.37. The smallest absolute Gasteiger partial charge is 0.156 e. The van der Waals surface area contributed by atoms with Crippen molar-refractivity contribution in [2.45, 2.75) is 25.0 Å². The number of rotatable bonds is 8. The van der Waals surface area contributed by atoms with Crippen molar-refractivity contribution in [2.24, 2.45) is 4.99 Å². The molecule has 0 aromatic carbocycles. The first kappa shape index (κ1) is 13.8. The van der Waals surface area contributed by atoms with Crippen molar-refractivity contribution < 1.29 is 9.47 Å². The highest BCUT2D eigenvalue weighted by Gasteiger charge is 2.16. The Bertz CT molecular complexity index is 212. The lowest BCUT2D eigenvalue weighted by molar-refractivity contribution is 0.0699. The molecule has 5 heteroatoms. The van der Waals surface area contributed by atoms with Gasteiger partial charge < -0.3 is 14.8 Å². The number of thioether (sulfide) groups is 1. The maximum atomic E-state index is 5.37. The van der Waals surface area contributed by atoms with Crippen LogP contribution in [0.25, 0.3) is 0 Å². The lowest BCUT2D eigenvalue weighted by Gasteiger charge is -2.07. The fourth-order valence-electron chi connectivity index (χ4n) is 1.34. The molecule has 16 heavy (non-hydrogen) atoms. The average molecular weight is 246 g/mol. The highest BCUT2D eigenvalue weighted by atomic mass is 32.2. The van der Waals surface area contributed by atoms with E-state index in [-0.39, 0.29) is 0 Å². The minimum absolute atomic E-state index is 0.675. The fraction of sp³-hybridized carbons (Fsp3) is 0.909. The molecule has 1 heterocycles. The van der Waals surface area contributed by atoms with Crippen LogP contribution in [0, 0.1) is 0 Å². The van der Waals surface area contributed by atoms with Gasteiger partial charge in [0.25, 0.3) is 0 Å². The zero-order valence-electron chi connectivity index (χ0n) is 10.2. The molecular formula is C11H22N2O2S. The molecule has 0 aromatic rings. The predicted octanol–water partition coefficient (Wildman–Crippen LogP) is 1.51. The third kappa shape index (κ3) is 5.72. The summed E-state index contributed by atoms with van der Waals surface area (Å²) in [5.41, 5.74) is 0. The van der Waals surface area contributed by atoms with E-state index in [2.05, 4.69) is 17.2 Å². The van der Waals surface area contributed by atoms with Gasteiger partial charge in [0.2, 0.25) is 0 Å². The van der Waals surface area contributed by atoms with Gasteiger partial charge in [0, 0.05) is 25.5 Å². The normalized spacial score (nSPS) is 19.9. The van der Waals surface area contributed by atoms with Gasteiger partial charge in [-0.2, -0.15) is 0 Å². The lowest BCUT2D eigenvalue weighted by atomic mass is 10.3. The van der Waals surface area contributed by atoms with Gasteiger partial charge in [-0.3, -0.25) is 4.99 Å². The molecule has 0 aliphatic carbocycles. The molecule has 0 radical (unpaired) electrons. The summed E-state index contributed by atoms with van der Waals surface area (Å²) >= 11 is 1.86. The van der Waals surface area contributed by atoms with E-state index in [1.165, 1.54) is 6.42 Å². The Morgan fingerprint density at radius 3 is 3.00 bits per heavy atom. The van der Waals surface area contributed by atoms with Gasteiger partial charge in [-0.15, -0.1) is 0 Å². The van der Waals surface area contributed by atoms with E-state index < -0.39 is 0 Å². The molecule has 1 unspecified atom stereocenters. The summed E-state index contributed by atoms with van der Waals surface area (Å²) in [6.07, 6.45) is 2.21. The largest absolute Gasteiger partial charge is 0.382 e. The van der Waals surface area contributed by atoms with Crippen LogP contribution < -0.4 is 5.32 Å². The zero-order chi connectivity index (χ0) is 11.6. The molecule has 0 saturated heterocycles. The van der Waals surface area contributed by atoms with E-state index in [9.17, 15) is 0 Å². The molecule has 1 N–H and O–H groups in total. The second kappa shape index (κ2) is 8.84. The van der Waals surface area contributed by atoms with Crippen molar-refractivity contribution in [1.29, 1.82) is 0 Å². The van der Waals surface area contributed by atoms with E-state index in [1.54, 1.807) is 7.11 Å². The number of ether oxygens (including phenoxy) is 2. The molecule has 4 nitrogen and oxygen atoms in total. The summed E-state index contributed by atoms with van der Waals surface area (Å²) in [6, 6.07) is 0. The molecule has 1 aliphatic heterocycles. The monoisotopic (exact) mass is 246 g/mol. The van der Waals surface area contributed by atoms with Crippen LogP contribution in [0.3, 0.4) is 0 Å². The van der Waals surface area contributed by atoms with E-state index in [4.69, 9.17) is 9.47 Å². The lowest BCUT2D eigenvalue weighted by Crippen LogP contribution is -2.22. The van der Waals surface area contributed by atoms with Gasteiger partial charge in [0.15, 0.2) is 5.17 Å². The summed E-state index contributed by atoms with van der Waals surface area (Å²) in [6.45, 7) is 6.26. The molecule has 1 rings (SSSR count). The SMILES string of the molecule is CCC1CN=C(NCCCOCCOC)S1. The molecule has 0 fully saturated rings. The van der Waals surface area contributed by atoms with Crippen molar-refractivity contribution in [3.8, 4) is 0 Å². The second-order valence-corrected chi connectivity index (χ2v) is 4.97. The van der Waals surface area contributed by atoms with E-state index in [0.29, 0.717) is 18.5 Å². The van der Waals surface area contributed by atoms with Gasteiger partial charge in [0.05, 0.1) is 19.8 Å². The van der Waals surface area contributed by atoms with Gasteiger partial charge >= 0.3 is 0 Å². The van der Waals surface area contributed by atoms with E-state index in [0.717, 1.165) is 31.3 Å². The summed E-state index contributed by atoms with van der Waals surface area (Å²) in [7, 11) is 1.69. The van der Waals surface area contributed by atoms with Gasteiger partial charge in [-0.25, -0.2) is 0 Å². The minimum Gasteiger partial charge on any atom is -0.382 e. The Morgan fingerprint density at radius 2 is 2.31 bits per heavy atom. The highest BCUT2D eigenvalue weighted by molar-refractivity contribution is 8.14. The molecule has 1 aliphatic rings. The first-order valence-electron chi connectivity index (χ1n) is 5.88. The van der Waals surface area contributed by atoms with Crippen LogP contribution in [0.5, 0.6) is 0 Å². The van der Waals surface area contributed by atoms with Crippen LogP contribution in [0.2, 0.25) is 0 Å². The van der Waals surface area contributed by atoms with Crippen LogP contribution in [0.15, 0.2) is 4.99 Å². The molecule has 0 bridgehead atoms. The van der Waals surface area contributed by atoms with Crippen molar-refractivity contribution >= 4 is 16.9 Å². The first-order valence-corrected chi connectivity index (χ1v) is 6.76. The van der Waals surface area contributed by atoms with Crippen LogP contribution in [0.1, 0.15) is 19.8 Å². The van der Waals surface area contributed by atoms with E-state index >= 15 is 0 Å². The Morgan fingerprint density at radius 1 is 1.44 bits per heavy atom. The second-order valence-electron chi connectivity index (χ2n) is 3.68. The molecular weight excluding hydrogens is 224 g/mol. The average Bonchev–Trinajstić information content (AvgIpc) is 2.76. The first-order chi connectivity index (χ1) is 7.86. The number of amidine groups is 1. The summed E-state index contributed by atoms with van der Waals surface area (Å²) < 4.78 is 10.3. The van der Waals surface area contributed by atoms with Gasteiger partial charge in [0.1, 0.15) is 0 Å². The summed E-state index contributed by atoms with van der Waals surface area (Å²) in [5, 5.41) is 5.12. The van der Waals surface area contributed by atoms with Crippen molar-refractivity contribution in [3.63, 3.8) is 0 Å². The zero-order valence-corrected chi connectivity index (χ0v) is 11.0. The Balaban J connectivity index is 1.88. The minimum atomic E-state index is 0.675. The third-order valence-electron chi connectivity index (χ3n) is 2.35. The Labute approximate surface area is 102 Å². The Kier molecular flexibility index (Phi) is 7.63. The van der Waals surface area contributed by atoms with Crippen molar-refractivity contribution in [2.75, 3.05) is 40.0 Å². The standard InChI is InChI=1S/C11H22N2O2S/c1-3-10-9-13-11(16-10)12-5-4-6-15-8-7-14-2/h10H,3-9H2,1-2H3,(H,12,13). The van der Waals surface area contributed by atoms with Crippen LogP contribution >= 0.6 is 11.8 Å². The van der Waals surface area contributed by atoms with Crippen molar-refractivity contribution in [1.82, 2.24) is 5.32 Å². The topological polar surface area (TPSA) is 42.9 Å². The Hall–Kier alpha value is -0.260. The van der Waals surface area contributed by atoms with Crippen molar-refractivity contribution in [3.05, 3.63) is 0 Å². The maximum Gasteiger partial charge on any atom is 0.156 e. The van der Waals surface area contributed by atoms with Crippen LogP contribution in [0.4, 0.5) is 0 Å². The molecule has 0 aromatic heterocycles. The molecule has 1 atom stereocenters. The van der Waals surface area contributed by atoms with Crippen LogP contribution in [-0.4, -0.2) is 50.4 Å². The molecule has 94 valence electrons. The molecule has 0 saturated carbocycles. The number of nitrogens with zero attached hydrogens (tertiary/aromatic N) is 1. The molecule has 0 amide bonds. The van der Waals surface area contributed by atoms with Gasteiger partial charge in [-0.1, -0.05) is 18.7 Å². The van der Waals surface area contributed by atoms with E-state index in [1.807, 2.05) is 11.8 Å². The number of hydrogen-bond acceptors (Lipinski definition) is 5. The van der Waals surface area contributed by atoms with Crippen LogP contribution in [-0.2, 0) is 9.47 Å². The highest BCUT2D eigenvalue weighted by Crippen LogP contribution is 2.21. The number of nitrogens with one attached hydrogen (secondary N) is 1. The number of methoxy groups -OCH3 is 1. The molecule has 0 spiro atoms. The third-order valence-corrected chi connectivity index (χ3v) is 3.66. The van der Waals surface area contributed by atoms with Gasteiger partial charge in [-0.05, 0) is 12.8 Å².